The molecule has 0 aliphatic rings. The van der Waals surface area contributed by atoms with Gasteiger partial charge in [-0.1, -0.05) is 18.2 Å². The highest BCUT2D eigenvalue weighted by Crippen LogP contribution is 2.21. The first-order valence-corrected chi connectivity index (χ1v) is 8.72. The van der Waals surface area contributed by atoms with E-state index in [2.05, 4.69) is 25.6 Å². The third-order valence-electron chi connectivity index (χ3n) is 4.19. The van der Waals surface area contributed by atoms with Crippen LogP contribution < -0.4 is 16.4 Å². The lowest BCUT2D eigenvalue weighted by Gasteiger charge is -2.10. The quantitative estimate of drug-likeness (QED) is 0.470. The lowest BCUT2D eigenvalue weighted by Crippen LogP contribution is -2.13. The highest BCUT2D eigenvalue weighted by atomic mass is 16.1. The molecular weight excluding hydrogens is 352 g/mol. The fraction of sp³-hybridized carbons (Fsp3) is 0.0476. The highest BCUT2D eigenvalue weighted by molar-refractivity contribution is 6.05. The van der Waals surface area contributed by atoms with Crippen molar-refractivity contribution in [3.05, 3.63) is 78.1 Å². The Morgan fingerprint density at radius 2 is 1.75 bits per heavy atom. The lowest BCUT2D eigenvalue weighted by atomic mass is 10.2. The monoisotopic (exact) mass is 370 g/mol. The molecule has 138 valence electrons. The molecule has 4 rings (SSSR count). The van der Waals surface area contributed by atoms with Crippen LogP contribution in [0.25, 0.3) is 11.2 Å². The van der Waals surface area contributed by atoms with Crippen LogP contribution in [0.1, 0.15) is 16.1 Å². The molecule has 28 heavy (non-hydrogen) atoms. The van der Waals surface area contributed by atoms with Crippen molar-refractivity contribution in [1.29, 1.82) is 0 Å². The van der Waals surface area contributed by atoms with E-state index in [0.29, 0.717) is 39.6 Å². The van der Waals surface area contributed by atoms with Gasteiger partial charge in [0.1, 0.15) is 5.52 Å². The number of rotatable bonds is 4. The number of fused-ring (bicyclic) bond motifs is 1. The van der Waals surface area contributed by atoms with Gasteiger partial charge in [0.15, 0.2) is 11.5 Å². The number of carbonyl (C=O) groups excluding carboxylic acids is 1. The summed E-state index contributed by atoms with van der Waals surface area (Å²) >= 11 is 0. The molecule has 1 amide bonds. The SMILES string of the molecule is Cc1nc2nc(Nc3ccccc3)cnc2cc1NC(=O)c1ccc(N)cc1. The number of hydrogen-bond acceptors (Lipinski definition) is 6. The van der Waals surface area contributed by atoms with Gasteiger partial charge in [-0.25, -0.2) is 15.0 Å². The maximum absolute atomic E-state index is 12.4. The van der Waals surface area contributed by atoms with E-state index in [9.17, 15) is 4.79 Å². The van der Waals surface area contributed by atoms with Crippen molar-refractivity contribution in [2.24, 2.45) is 0 Å². The summed E-state index contributed by atoms with van der Waals surface area (Å²) in [6.45, 7) is 1.82. The number of hydrogen-bond donors (Lipinski definition) is 3. The molecule has 2 aromatic heterocycles. The average molecular weight is 370 g/mol. The fourth-order valence-electron chi connectivity index (χ4n) is 2.72. The maximum Gasteiger partial charge on any atom is 0.255 e. The molecule has 0 spiro atoms. The molecule has 0 unspecified atom stereocenters. The van der Waals surface area contributed by atoms with Gasteiger partial charge in [0.05, 0.1) is 17.6 Å². The van der Waals surface area contributed by atoms with E-state index < -0.39 is 0 Å². The molecule has 0 radical (unpaired) electrons. The minimum atomic E-state index is -0.237. The minimum absolute atomic E-state index is 0.237. The van der Waals surface area contributed by atoms with E-state index in [4.69, 9.17) is 5.73 Å². The zero-order valence-electron chi connectivity index (χ0n) is 15.2. The Kier molecular flexibility index (Phi) is 4.55. The molecule has 0 bridgehead atoms. The molecule has 0 aliphatic carbocycles. The van der Waals surface area contributed by atoms with E-state index in [1.54, 1.807) is 36.5 Å². The molecule has 0 fully saturated rings. The van der Waals surface area contributed by atoms with Crippen molar-refractivity contribution < 1.29 is 4.79 Å². The Bertz CT molecular complexity index is 1140. The number of carbonyl (C=O) groups is 1. The number of nitrogens with two attached hydrogens (primary N) is 1. The van der Waals surface area contributed by atoms with E-state index >= 15 is 0 Å². The number of nitrogens with one attached hydrogen (secondary N) is 2. The number of para-hydroxylation sites is 1. The molecule has 0 saturated carbocycles. The number of nitrogen functional groups attached to an aromatic ring is 1. The molecule has 4 aromatic rings. The van der Waals surface area contributed by atoms with Gasteiger partial charge in [0.2, 0.25) is 0 Å². The van der Waals surface area contributed by atoms with Gasteiger partial charge in [-0.15, -0.1) is 0 Å². The maximum atomic E-state index is 12.4. The summed E-state index contributed by atoms with van der Waals surface area (Å²) < 4.78 is 0. The van der Waals surface area contributed by atoms with Crippen molar-refractivity contribution in [2.45, 2.75) is 6.92 Å². The van der Waals surface area contributed by atoms with Gasteiger partial charge in [0.25, 0.3) is 5.91 Å². The molecule has 2 heterocycles. The number of amides is 1. The standard InChI is InChI=1S/C21H18N6O/c1-13-17(26-21(28)14-7-9-15(22)10-8-14)11-18-20(24-13)27-19(12-23-18)25-16-5-3-2-4-6-16/h2-12H,22H2,1H3,(H,26,28)(H,24,25,27). The second-order valence-electron chi connectivity index (χ2n) is 6.29. The molecule has 0 aliphatic heterocycles. The molecule has 0 saturated heterocycles. The zero-order valence-corrected chi connectivity index (χ0v) is 15.2. The Labute approximate surface area is 161 Å². The van der Waals surface area contributed by atoms with Gasteiger partial charge in [-0.05, 0) is 49.4 Å². The Morgan fingerprint density at radius 1 is 1.00 bits per heavy atom. The van der Waals surface area contributed by atoms with E-state index in [1.807, 2.05) is 37.3 Å². The van der Waals surface area contributed by atoms with Crippen LogP contribution in [0.2, 0.25) is 0 Å². The Hall–Kier alpha value is -4.00. The summed E-state index contributed by atoms with van der Waals surface area (Å²) in [5.41, 5.74) is 10.0. The summed E-state index contributed by atoms with van der Waals surface area (Å²) in [5.74, 6) is 0.365. The predicted octanol–water partition coefficient (Wildman–Crippen LogP) is 3.91. The van der Waals surface area contributed by atoms with Crippen LogP contribution in [0.4, 0.5) is 22.9 Å². The second kappa shape index (κ2) is 7.32. The summed E-state index contributed by atoms with van der Waals surface area (Å²) in [6.07, 6.45) is 1.64. The molecule has 7 nitrogen and oxygen atoms in total. The molecule has 4 N–H and O–H groups in total. The Balaban J connectivity index is 1.59. The lowest BCUT2D eigenvalue weighted by molar-refractivity contribution is 0.102. The first kappa shape index (κ1) is 17.4. The van der Waals surface area contributed by atoms with Crippen molar-refractivity contribution in [1.82, 2.24) is 15.0 Å². The smallest absolute Gasteiger partial charge is 0.255 e. The van der Waals surface area contributed by atoms with Crippen LogP contribution in [0.5, 0.6) is 0 Å². The second-order valence-corrected chi connectivity index (χ2v) is 6.29. The number of nitrogens with zero attached hydrogens (tertiary/aromatic N) is 3. The van der Waals surface area contributed by atoms with Crippen molar-refractivity contribution in [3.8, 4) is 0 Å². The summed E-state index contributed by atoms with van der Waals surface area (Å²) in [5, 5.41) is 6.06. The van der Waals surface area contributed by atoms with Crippen LogP contribution in [0.3, 0.4) is 0 Å². The summed E-state index contributed by atoms with van der Waals surface area (Å²) in [6, 6.07) is 18.2. The Morgan fingerprint density at radius 3 is 2.50 bits per heavy atom. The summed E-state index contributed by atoms with van der Waals surface area (Å²) in [7, 11) is 0. The van der Waals surface area contributed by atoms with Crippen LogP contribution in [0, 0.1) is 6.92 Å². The number of benzene rings is 2. The topological polar surface area (TPSA) is 106 Å². The third kappa shape index (κ3) is 3.73. The van der Waals surface area contributed by atoms with Gasteiger partial charge in [0, 0.05) is 16.9 Å². The van der Waals surface area contributed by atoms with Crippen molar-refractivity contribution in [3.63, 3.8) is 0 Å². The zero-order chi connectivity index (χ0) is 19.5. The van der Waals surface area contributed by atoms with Gasteiger partial charge < -0.3 is 16.4 Å². The highest BCUT2D eigenvalue weighted by Gasteiger charge is 2.11. The van der Waals surface area contributed by atoms with Gasteiger partial charge in [-0.2, -0.15) is 0 Å². The van der Waals surface area contributed by atoms with Crippen LogP contribution >= 0.6 is 0 Å². The number of aryl methyl sites for hydroxylation is 1. The minimum Gasteiger partial charge on any atom is -0.399 e. The van der Waals surface area contributed by atoms with Crippen LogP contribution in [-0.2, 0) is 0 Å². The van der Waals surface area contributed by atoms with Gasteiger partial charge in [-0.3, -0.25) is 4.79 Å². The first-order valence-electron chi connectivity index (χ1n) is 8.72. The number of pyridine rings is 1. The van der Waals surface area contributed by atoms with Crippen molar-refractivity contribution >= 4 is 40.0 Å². The van der Waals surface area contributed by atoms with Crippen molar-refractivity contribution in [2.75, 3.05) is 16.4 Å². The predicted molar refractivity (Wildman–Crippen MR) is 111 cm³/mol. The van der Waals surface area contributed by atoms with Gasteiger partial charge >= 0.3 is 0 Å². The first-order chi connectivity index (χ1) is 13.6. The van der Waals surface area contributed by atoms with Crippen LogP contribution in [-0.4, -0.2) is 20.9 Å². The van der Waals surface area contributed by atoms with E-state index in [-0.39, 0.29) is 5.91 Å². The molecular formula is C21H18N6O. The van der Waals surface area contributed by atoms with E-state index in [1.165, 1.54) is 0 Å². The summed E-state index contributed by atoms with van der Waals surface area (Å²) in [4.78, 5) is 25.9. The molecule has 0 atom stereocenters. The number of aromatic nitrogens is 3. The number of anilines is 4. The fourth-order valence-corrected chi connectivity index (χ4v) is 2.72. The molecule has 7 heteroatoms. The van der Waals surface area contributed by atoms with E-state index in [0.717, 1.165) is 5.69 Å². The molecule has 2 aromatic carbocycles. The van der Waals surface area contributed by atoms with Crippen LogP contribution in [0.15, 0.2) is 66.9 Å². The third-order valence-corrected chi connectivity index (χ3v) is 4.19. The normalized spacial score (nSPS) is 10.6. The largest absolute Gasteiger partial charge is 0.399 e. The average Bonchev–Trinajstić information content (AvgIpc) is 2.70.